The zero-order valence-corrected chi connectivity index (χ0v) is 22.1. The number of amides is 1. The second-order valence-corrected chi connectivity index (χ2v) is 10.8. The second kappa shape index (κ2) is 12.2. The van der Waals surface area contributed by atoms with Crippen LogP contribution in [0.5, 0.6) is 5.75 Å². The van der Waals surface area contributed by atoms with Gasteiger partial charge in [0.25, 0.3) is 0 Å². The van der Waals surface area contributed by atoms with Crippen LogP contribution in [-0.4, -0.2) is 43.2 Å². The third-order valence-electron chi connectivity index (χ3n) is 6.82. The Bertz CT molecular complexity index is 1180. The fourth-order valence-electron chi connectivity index (χ4n) is 4.74. The lowest BCUT2D eigenvalue weighted by atomic mass is 9.89. The van der Waals surface area contributed by atoms with Crippen LogP contribution in [0.15, 0.2) is 52.3 Å². The molecule has 0 atom stereocenters. The molecule has 0 unspecified atom stereocenters. The Balaban J connectivity index is 1.69. The molecule has 212 valence electrons. The fraction of sp³-hybridized carbons (Fsp3) is 0.464. The number of hydrogen-bond donors (Lipinski definition) is 0. The molecule has 4 rings (SSSR count). The monoisotopic (exact) mass is 573 g/mol. The average Bonchev–Trinajstić information content (AvgIpc) is 2.89. The Labute approximate surface area is 227 Å². The van der Waals surface area contributed by atoms with Crippen molar-refractivity contribution in [2.45, 2.75) is 60.9 Å². The summed E-state index contributed by atoms with van der Waals surface area (Å²) in [5, 5.41) is 0. The zero-order chi connectivity index (χ0) is 28.2. The molecule has 2 fully saturated rings. The molecule has 2 aromatic rings. The van der Waals surface area contributed by atoms with Crippen molar-refractivity contribution in [1.29, 1.82) is 0 Å². The van der Waals surface area contributed by atoms with E-state index in [0.29, 0.717) is 28.3 Å². The van der Waals surface area contributed by atoms with Gasteiger partial charge in [-0.05, 0) is 61.4 Å². The SMILES string of the molecule is C[C@H]1CC[C@H](Oc2ccccc2Sc2ccc(/C=C/C(=O)N3CCOCC3)c(C(F)(F)F)c2C(F)(F)F)CC1. The average molecular weight is 574 g/mol. The van der Waals surface area contributed by atoms with Gasteiger partial charge in [0.15, 0.2) is 0 Å². The van der Waals surface area contributed by atoms with Crippen molar-refractivity contribution in [3.63, 3.8) is 0 Å². The van der Waals surface area contributed by atoms with Gasteiger partial charge in [0.1, 0.15) is 5.75 Å². The van der Waals surface area contributed by atoms with Crippen LogP contribution in [0.25, 0.3) is 6.08 Å². The first-order valence-corrected chi connectivity index (χ1v) is 13.5. The highest BCUT2D eigenvalue weighted by atomic mass is 32.2. The summed E-state index contributed by atoms with van der Waals surface area (Å²) >= 11 is 0.585. The molecule has 0 spiro atoms. The Morgan fingerprint density at radius 1 is 0.923 bits per heavy atom. The maximum Gasteiger partial charge on any atom is 0.418 e. The number of nitrogens with zero attached hydrogens (tertiary/aromatic N) is 1. The van der Waals surface area contributed by atoms with Crippen LogP contribution in [0.1, 0.15) is 49.3 Å². The van der Waals surface area contributed by atoms with Crippen molar-refractivity contribution < 1.29 is 40.6 Å². The van der Waals surface area contributed by atoms with E-state index in [4.69, 9.17) is 9.47 Å². The van der Waals surface area contributed by atoms with Crippen molar-refractivity contribution >= 4 is 23.7 Å². The molecule has 39 heavy (non-hydrogen) atoms. The van der Waals surface area contributed by atoms with Gasteiger partial charge in [0.2, 0.25) is 5.91 Å². The highest BCUT2D eigenvalue weighted by Crippen LogP contribution is 2.49. The molecule has 4 nitrogen and oxygen atoms in total. The van der Waals surface area contributed by atoms with Crippen molar-refractivity contribution in [3.8, 4) is 5.75 Å². The number of morpholine rings is 1. The number of hydrogen-bond acceptors (Lipinski definition) is 4. The summed E-state index contributed by atoms with van der Waals surface area (Å²) in [6.07, 6.45) is -5.52. The molecule has 2 aromatic carbocycles. The largest absolute Gasteiger partial charge is 0.489 e. The summed E-state index contributed by atoms with van der Waals surface area (Å²) < 4.78 is 96.6. The molecule has 1 aliphatic heterocycles. The molecule has 2 aliphatic rings. The molecule has 11 heteroatoms. The van der Waals surface area contributed by atoms with E-state index in [1.807, 2.05) is 0 Å². The van der Waals surface area contributed by atoms with Crippen LogP contribution in [-0.2, 0) is 21.9 Å². The first kappa shape index (κ1) is 29.3. The highest BCUT2D eigenvalue weighted by molar-refractivity contribution is 7.99. The first-order valence-electron chi connectivity index (χ1n) is 12.7. The third kappa shape index (κ3) is 7.51. The van der Waals surface area contributed by atoms with Gasteiger partial charge in [0.05, 0.1) is 35.3 Å². The lowest BCUT2D eigenvalue weighted by Crippen LogP contribution is -2.39. The normalized spacial score (nSPS) is 20.8. The number of carbonyl (C=O) groups is 1. The Kier molecular flexibility index (Phi) is 9.21. The number of carbonyl (C=O) groups excluding carboxylic acids is 1. The predicted octanol–water partition coefficient (Wildman–Crippen LogP) is 7.70. The predicted molar refractivity (Wildman–Crippen MR) is 135 cm³/mol. The Morgan fingerprint density at radius 3 is 2.21 bits per heavy atom. The van der Waals surface area contributed by atoms with Crippen LogP contribution >= 0.6 is 11.8 Å². The van der Waals surface area contributed by atoms with E-state index in [1.165, 1.54) is 11.0 Å². The number of rotatable bonds is 6. The molecule has 1 aliphatic carbocycles. The molecule has 1 saturated carbocycles. The second-order valence-electron chi connectivity index (χ2n) is 9.72. The standard InChI is InChI=1S/C28H29F6NO3S/c1-18-6-10-20(11-7-18)38-21-4-2-3-5-22(21)39-23-12-8-19(9-13-24(36)35-14-16-37-17-15-35)25(27(29,30)31)26(23)28(32,33)34/h2-5,8-9,12-13,18,20H,6-7,10-11,14-17H2,1H3/b13-9+/t18-,20-. The Hall–Kier alpha value is -2.66. The van der Waals surface area contributed by atoms with Crippen molar-refractivity contribution in [3.05, 3.63) is 59.2 Å². The molecular weight excluding hydrogens is 544 g/mol. The number of alkyl halides is 6. The van der Waals surface area contributed by atoms with Crippen LogP contribution in [0, 0.1) is 5.92 Å². The lowest BCUT2D eigenvalue weighted by molar-refractivity contribution is -0.163. The minimum atomic E-state index is -5.32. The van der Waals surface area contributed by atoms with Gasteiger partial charge in [-0.15, -0.1) is 0 Å². The maximum absolute atomic E-state index is 14.3. The van der Waals surface area contributed by atoms with Gasteiger partial charge in [-0.3, -0.25) is 4.79 Å². The van der Waals surface area contributed by atoms with Gasteiger partial charge < -0.3 is 14.4 Å². The lowest BCUT2D eigenvalue weighted by Gasteiger charge is -2.28. The molecule has 0 N–H and O–H groups in total. The smallest absolute Gasteiger partial charge is 0.418 e. The summed E-state index contributed by atoms with van der Waals surface area (Å²) in [6.45, 7) is 3.21. The molecule has 0 aromatic heterocycles. The Morgan fingerprint density at radius 2 is 1.56 bits per heavy atom. The van der Waals surface area contributed by atoms with Gasteiger partial charge in [-0.25, -0.2) is 0 Å². The number of ether oxygens (including phenoxy) is 2. The van der Waals surface area contributed by atoms with E-state index in [2.05, 4.69) is 6.92 Å². The van der Waals surface area contributed by atoms with Crippen molar-refractivity contribution in [2.24, 2.45) is 5.92 Å². The minimum absolute atomic E-state index is 0.104. The molecule has 1 saturated heterocycles. The van der Waals surface area contributed by atoms with Crippen LogP contribution in [0.4, 0.5) is 26.3 Å². The van der Waals surface area contributed by atoms with Gasteiger partial charge >= 0.3 is 12.4 Å². The van der Waals surface area contributed by atoms with Gasteiger partial charge in [-0.2, -0.15) is 26.3 Å². The van der Waals surface area contributed by atoms with Crippen LogP contribution in [0.2, 0.25) is 0 Å². The number of benzene rings is 2. The van der Waals surface area contributed by atoms with E-state index in [0.717, 1.165) is 50.0 Å². The molecule has 0 bridgehead atoms. The van der Waals surface area contributed by atoms with E-state index in [1.54, 1.807) is 18.2 Å². The third-order valence-corrected chi connectivity index (χ3v) is 7.94. The van der Waals surface area contributed by atoms with Gasteiger partial charge in [-0.1, -0.05) is 36.9 Å². The van der Waals surface area contributed by atoms with E-state index >= 15 is 0 Å². The van der Waals surface area contributed by atoms with Crippen molar-refractivity contribution in [1.82, 2.24) is 4.90 Å². The summed E-state index contributed by atoms with van der Waals surface area (Å²) in [7, 11) is 0. The number of halogens is 6. The molecule has 1 amide bonds. The molecule has 0 radical (unpaired) electrons. The summed E-state index contributed by atoms with van der Waals surface area (Å²) in [6, 6.07) is 8.41. The maximum atomic E-state index is 14.3. The van der Waals surface area contributed by atoms with E-state index in [-0.39, 0.29) is 32.4 Å². The van der Waals surface area contributed by atoms with Crippen molar-refractivity contribution in [2.75, 3.05) is 26.3 Å². The van der Waals surface area contributed by atoms with E-state index in [9.17, 15) is 31.1 Å². The quantitative estimate of drug-likeness (QED) is 0.262. The van der Waals surface area contributed by atoms with Crippen LogP contribution < -0.4 is 4.74 Å². The fourth-order valence-corrected chi connectivity index (χ4v) is 5.79. The molecule has 1 heterocycles. The topological polar surface area (TPSA) is 38.8 Å². The van der Waals surface area contributed by atoms with E-state index < -0.39 is 39.8 Å². The number of para-hydroxylation sites is 1. The first-order chi connectivity index (χ1) is 18.4. The summed E-state index contributed by atoms with van der Waals surface area (Å²) in [5.74, 6) is 0.312. The highest BCUT2D eigenvalue weighted by Gasteiger charge is 2.46. The minimum Gasteiger partial charge on any atom is -0.489 e. The van der Waals surface area contributed by atoms with Crippen LogP contribution in [0.3, 0.4) is 0 Å². The molecular formula is C28H29F6NO3S. The van der Waals surface area contributed by atoms with Gasteiger partial charge in [0, 0.05) is 24.1 Å². The summed E-state index contributed by atoms with van der Waals surface area (Å²) in [5.41, 5.74) is -4.35. The zero-order valence-electron chi connectivity index (χ0n) is 21.3. The summed E-state index contributed by atoms with van der Waals surface area (Å²) in [4.78, 5) is 13.5.